The van der Waals surface area contributed by atoms with Gasteiger partial charge >= 0.3 is 0 Å². The van der Waals surface area contributed by atoms with E-state index in [2.05, 4.69) is 25.2 Å². The number of nitrogens with two attached hydrogens (primary N) is 1. The van der Waals surface area contributed by atoms with E-state index in [4.69, 9.17) is 10.5 Å². The predicted octanol–water partition coefficient (Wildman–Crippen LogP) is 1.71. The zero-order chi connectivity index (χ0) is 14.3. The molecule has 0 radical (unpaired) electrons. The molecule has 0 heterocycles. The number of nitrogens with one attached hydrogen (secondary N) is 1. The summed E-state index contributed by atoms with van der Waals surface area (Å²) in [7, 11) is 1.67. The first-order valence-corrected chi connectivity index (χ1v) is 6.69. The third-order valence-electron chi connectivity index (χ3n) is 3.22. The quantitative estimate of drug-likeness (QED) is 0.788. The smallest absolute Gasteiger partial charge is 0.220 e. The zero-order valence-electron chi connectivity index (χ0n) is 12.1. The highest BCUT2D eigenvalue weighted by Gasteiger charge is 2.06. The molecule has 1 aromatic carbocycles. The fraction of sp³-hybridized carbons (Fsp3) is 0.533. The van der Waals surface area contributed by atoms with Crippen molar-refractivity contribution in [3.63, 3.8) is 0 Å². The van der Waals surface area contributed by atoms with Crippen LogP contribution in [0.2, 0.25) is 0 Å². The van der Waals surface area contributed by atoms with Gasteiger partial charge < -0.3 is 15.8 Å². The van der Waals surface area contributed by atoms with Gasteiger partial charge in [-0.1, -0.05) is 6.07 Å². The largest absolute Gasteiger partial charge is 0.496 e. The average Bonchev–Trinajstić information content (AvgIpc) is 2.40. The maximum atomic E-state index is 11.5. The number of benzene rings is 1. The molecule has 4 heteroatoms. The number of amides is 1. The Kier molecular flexibility index (Phi) is 6.36. The first kappa shape index (κ1) is 15.5. The van der Waals surface area contributed by atoms with Crippen molar-refractivity contribution in [3.05, 3.63) is 28.8 Å². The van der Waals surface area contributed by atoms with Gasteiger partial charge in [0.1, 0.15) is 5.75 Å². The van der Waals surface area contributed by atoms with Crippen LogP contribution in [0.4, 0.5) is 0 Å². The molecular weight excluding hydrogens is 240 g/mol. The minimum atomic E-state index is 0.0632. The van der Waals surface area contributed by atoms with E-state index in [-0.39, 0.29) is 5.91 Å². The lowest BCUT2D eigenvalue weighted by molar-refractivity contribution is -0.121. The second-order valence-corrected chi connectivity index (χ2v) is 4.74. The molecule has 0 aliphatic heterocycles. The minimum absolute atomic E-state index is 0.0632. The molecule has 19 heavy (non-hydrogen) atoms. The second-order valence-electron chi connectivity index (χ2n) is 4.74. The van der Waals surface area contributed by atoms with Gasteiger partial charge in [0.2, 0.25) is 5.91 Å². The number of rotatable bonds is 7. The van der Waals surface area contributed by atoms with E-state index in [0.717, 1.165) is 24.2 Å². The highest BCUT2D eigenvalue weighted by Crippen LogP contribution is 2.23. The molecule has 0 aliphatic rings. The fourth-order valence-corrected chi connectivity index (χ4v) is 1.92. The molecule has 0 bridgehead atoms. The molecule has 3 N–H and O–H groups in total. The SMILES string of the molecule is COc1cc(C)c(C)cc1CCNC(=O)CCCN. The van der Waals surface area contributed by atoms with Crippen LogP contribution in [0.1, 0.15) is 29.5 Å². The Bertz CT molecular complexity index is 430. The number of hydrogen-bond donors (Lipinski definition) is 2. The number of ether oxygens (including phenoxy) is 1. The van der Waals surface area contributed by atoms with Crippen LogP contribution in [0.15, 0.2) is 12.1 Å². The molecule has 1 aromatic rings. The summed E-state index contributed by atoms with van der Waals surface area (Å²) in [6.45, 7) is 5.33. The van der Waals surface area contributed by atoms with Gasteiger partial charge in [-0.15, -0.1) is 0 Å². The van der Waals surface area contributed by atoms with Gasteiger partial charge in [-0.05, 0) is 56.0 Å². The summed E-state index contributed by atoms with van der Waals surface area (Å²) in [5.74, 6) is 0.951. The number of aryl methyl sites for hydroxylation is 2. The summed E-state index contributed by atoms with van der Waals surface area (Å²) in [5.41, 5.74) is 8.95. The first-order valence-electron chi connectivity index (χ1n) is 6.69. The Labute approximate surface area is 115 Å². The Morgan fingerprint density at radius 1 is 1.32 bits per heavy atom. The van der Waals surface area contributed by atoms with Crippen molar-refractivity contribution >= 4 is 5.91 Å². The van der Waals surface area contributed by atoms with Crippen molar-refractivity contribution < 1.29 is 9.53 Å². The number of carbonyl (C=O) groups is 1. The molecule has 1 amide bonds. The van der Waals surface area contributed by atoms with Crippen LogP contribution in [-0.4, -0.2) is 26.1 Å². The van der Waals surface area contributed by atoms with Gasteiger partial charge in [0, 0.05) is 13.0 Å². The van der Waals surface area contributed by atoms with Crippen molar-refractivity contribution in [1.29, 1.82) is 0 Å². The molecule has 0 aliphatic carbocycles. The molecule has 0 fully saturated rings. The van der Waals surface area contributed by atoms with E-state index >= 15 is 0 Å². The Morgan fingerprint density at radius 2 is 2.00 bits per heavy atom. The lowest BCUT2D eigenvalue weighted by Crippen LogP contribution is -2.26. The van der Waals surface area contributed by atoms with Gasteiger partial charge in [0.25, 0.3) is 0 Å². The number of hydrogen-bond acceptors (Lipinski definition) is 3. The summed E-state index contributed by atoms with van der Waals surface area (Å²) >= 11 is 0. The normalized spacial score (nSPS) is 10.3. The lowest BCUT2D eigenvalue weighted by Gasteiger charge is -2.12. The molecule has 4 nitrogen and oxygen atoms in total. The minimum Gasteiger partial charge on any atom is -0.496 e. The first-order chi connectivity index (χ1) is 9.08. The molecular formula is C15H24N2O2. The van der Waals surface area contributed by atoms with E-state index in [9.17, 15) is 4.79 Å². The van der Waals surface area contributed by atoms with Crippen LogP contribution in [0.5, 0.6) is 5.75 Å². The van der Waals surface area contributed by atoms with E-state index in [1.54, 1.807) is 7.11 Å². The van der Waals surface area contributed by atoms with Crippen LogP contribution in [0.3, 0.4) is 0 Å². The van der Waals surface area contributed by atoms with Crippen molar-refractivity contribution in [2.24, 2.45) is 5.73 Å². The van der Waals surface area contributed by atoms with Crippen LogP contribution in [0, 0.1) is 13.8 Å². The van der Waals surface area contributed by atoms with E-state index in [0.29, 0.717) is 19.5 Å². The summed E-state index contributed by atoms with van der Waals surface area (Å²) in [6.07, 6.45) is 2.01. The van der Waals surface area contributed by atoms with Crippen molar-refractivity contribution in [2.45, 2.75) is 33.1 Å². The van der Waals surface area contributed by atoms with E-state index < -0.39 is 0 Å². The fourth-order valence-electron chi connectivity index (χ4n) is 1.92. The monoisotopic (exact) mass is 264 g/mol. The number of carbonyl (C=O) groups excluding carboxylic acids is 1. The third-order valence-corrected chi connectivity index (χ3v) is 3.22. The van der Waals surface area contributed by atoms with Crippen molar-refractivity contribution in [2.75, 3.05) is 20.2 Å². The van der Waals surface area contributed by atoms with Crippen LogP contribution in [-0.2, 0) is 11.2 Å². The highest BCUT2D eigenvalue weighted by atomic mass is 16.5. The molecule has 0 atom stereocenters. The number of methoxy groups -OCH3 is 1. The summed E-state index contributed by atoms with van der Waals surface area (Å²) in [6, 6.07) is 4.17. The van der Waals surface area contributed by atoms with E-state index in [1.165, 1.54) is 11.1 Å². The Morgan fingerprint density at radius 3 is 2.63 bits per heavy atom. The van der Waals surface area contributed by atoms with Crippen molar-refractivity contribution in [3.8, 4) is 5.75 Å². The summed E-state index contributed by atoms with van der Waals surface area (Å²) in [5, 5.41) is 2.90. The lowest BCUT2D eigenvalue weighted by atomic mass is 10.0. The molecule has 0 unspecified atom stereocenters. The molecule has 0 aromatic heterocycles. The van der Waals surface area contributed by atoms with Gasteiger partial charge in [0.05, 0.1) is 7.11 Å². The molecule has 106 valence electrons. The van der Waals surface area contributed by atoms with Crippen molar-refractivity contribution in [1.82, 2.24) is 5.32 Å². The zero-order valence-corrected chi connectivity index (χ0v) is 12.1. The van der Waals surface area contributed by atoms with Crippen LogP contribution >= 0.6 is 0 Å². The molecule has 0 spiro atoms. The van der Waals surface area contributed by atoms with Crippen LogP contribution in [0.25, 0.3) is 0 Å². The highest BCUT2D eigenvalue weighted by molar-refractivity contribution is 5.75. The Hall–Kier alpha value is -1.55. The van der Waals surface area contributed by atoms with Gasteiger partial charge in [-0.2, -0.15) is 0 Å². The summed E-state index contributed by atoms with van der Waals surface area (Å²) in [4.78, 5) is 11.5. The molecule has 1 rings (SSSR count). The predicted molar refractivity (Wildman–Crippen MR) is 77.5 cm³/mol. The maximum absolute atomic E-state index is 11.5. The standard InChI is InChI=1S/C15H24N2O2/c1-11-9-13(14(19-3)10-12(11)2)6-8-17-15(18)5-4-7-16/h9-10H,4-8,16H2,1-3H3,(H,17,18). The van der Waals surface area contributed by atoms with Gasteiger partial charge in [0.15, 0.2) is 0 Å². The molecule has 0 saturated carbocycles. The second kappa shape index (κ2) is 7.79. The maximum Gasteiger partial charge on any atom is 0.220 e. The Balaban J connectivity index is 2.53. The van der Waals surface area contributed by atoms with Crippen LogP contribution < -0.4 is 15.8 Å². The third kappa shape index (κ3) is 4.91. The van der Waals surface area contributed by atoms with E-state index in [1.807, 2.05) is 6.07 Å². The van der Waals surface area contributed by atoms with Gasteiger partial charge in [-0.25, -0.2) is 0 Å². The summed E-state index contributed by atoms with van der Waals surface area (Å²) < 4.78 is 5.37. The molecule has 0 saturated heterocycles. The average molecular weight is 264 g/mol. The topological polar surface area (TPSA) is 64.3 Å². The van der Waals surface area contributed by atoms with Gasteiger partial charge in [-0.3, -0.25) is 4.79 Å².